The van der Waals surface area contributed by atoms with E-state index in [0.29, 0.717) is 5.92 Å². The summed E-state index contributed by atoms with van der Waals surface area (Å²) >= 11 is 0. The van der Waals surface area contributed by atoms with E-state index in [9.17, 15) is 0 Å². The number of aryl methyl sites for hydroxylation is 1. The van der Waals surface area contributed by atoms with E-state index in [0.717, 1.165) is 17.8 Å². The van der Waals surface area contributed by atoms with Crippen molar-refractivity contribution in [3.63, 3.8) is 0 Å². The van der Waals surface area contributed by atoms with Crippen molar-refractivity contribution in [2.45, 2.75) is 19.3 Å². The number of para-hydroxylation sites is 3. The van der Waals surface area contributed by atoms with Crippen molar-refractivity contribution >= 4 is 54.7 Å². The van der Waals surface area contributed by atoms with Crippen LogP contribution >= 0.6 is 0 Å². The van der Waals surface area contributed by atoms with Gasteiger partial charge in [0.15, 0.2) is 0 Å². The molecule has 0 spiro atoms. The normalized spacial score (nSPS) is 13.7. The fraction of sp³-hybridized carbons (Fsp3) is 0.0476. The second-order valence-electron chi connectivity index (χ2n) is 17.3. The highest BCUT2D eigenvalue weighted by Crippen LogP contribution is 2.45. The second kappa shape index (κ2) is 16.2. The van der Waals surface area contributed by atoms with Crippen molar-refractivity contribution in [1.82, 2.24) is 4.57 Å². The fourth-order valence-electron chi connectivity index (χ4n) is 10.3. The van der Waals surface area contributed by atoms with Gasteiger partial charge in [-0.25, -0.2) is 0 Å². The van der Waals surface area contributed by atoms with Crippen molar-refractivity contribution < 1.29 is 0 Å². The lowest BCUT2D eigenvalue weighted by Crippen LogP contribution is -2.18. The van der Waals surface area contributed by atoms with E-state index in [1.807, 2.05) is 0 Å². The zero-order chi connectivity index (χ0) is 43.3. The smallest absolute Gasteiger partial charge is 0.0570 e. The number of hydrogen-bond acceptors (Lipinski definition) is 1. The van der Waals surface area contributed by atoms with Crippen LogP contribution < -0.4 is 4.90 Å². The number of nitrogens with zero attached hydrogens (tertiary/aromatic N) is 2. The molecule has 1 aliphatic rings. The Morgan fingerprint density at radius 3 is 1.89 bits per heavy atom. The molecule has 11 aromatic rings. The Morgan fingerprint density at radius 2 is 1.09 bits per heavy atom. The van der Waals surface area contributed by atoms with Gasteiger partial charge in [-0.2, -0.15) is 0 Å². The van der Waals surface area contributed by atoms with Gasteiger partial charge in [-0.3, -0.25) is 0 Å². The first kappa shape index (κ1) is 38.5. The molecule has 2 heteroatoms. The molecule has 0 radical (unpaired) electrons. The SMILES string of the molecule is Cc1cccc2c3c(-c4cccc(-c5ccccc5N(C5=CCC(c6ccc(-c7ccccc7)cc6)C=C5)c5ccccc5)c4)cccc3n(-c3cc4ccccc4c4ccccc34)c12. The molecule has 308 valence electrons. The van der Waals surface area contributed by atoms with Gasteiger partial charge in [0, 0.05) is 39.0 Å². The maximum absolute atomic E-state index is 2.52. The summed E-state index contributed by atoms with van der Waals surface area (Å²) < 4.78 is 2.52. The van der Waals surface area contributed by atoms with Crippen LogP contribution in [0.15, 0.2) is 248 Å². The largest absolute Gasteiger partial charge is 0.310 e. The second-order valence-corrected chi connectivity index (χ2v) is 17.3. The lowest BCUT2D eigenvalue weighted by Gasteiger charge is -2.31. The van der Waals surface area contributed by atoms with E-state index >= 15 is 0 Å². The summed E-state index contributed by atoms with van der Waals surface area (Å²) in [4.78, 5) is 2.43. The summed E-state index contributed by atoms with van der Waals surface area (Å²) in [7, 11) is 0. The summed E-state index contributed by atoms with van der Waals surface area (Å²) in [5.41, 5.74) is 16.9. The molecular formula is C63H46N2. The molecule has 0 bridgehead atoms. The maximum atomic E-state index is 2.52. The minimum Gasteiger partial charge on any atom is -0.310 e. The van der Waals surface area contributed by atoms with E-state index in [1.165, 1.54) is 99.2 Å². The molecular weight excluding hydrogens is 785 g/mol. The molecule has 1 unspecified atom stereocenters. The van der Waals surface area contributed by atoms with Crippen LogP contribution in [0.3, 0.4) is 0 Å². The Labute approximate surface area is 380 Å². The highest BCUT2D eigenvalue weighted by atomic mass is 15.1. The number of rotatable bonds is 8. The number of anilines is 2. The average molecular weight is 831 g/mol. The summed E-state index contributed by atoms with van der Waals surface area (Å²) in [6.07, 6.45) is 8.03. The molecule has 10 aromatic carbocycles. The number of fused-ring (bicyclic) bond motifs is 6. The first-order valence-electron chi connectivity index (χ1n) is 22.7. The van der Waals surface area contributed by atoms with Crippen molar-refractivity contribution in [3.05, 3.63) is 260 Å². The number of benzene rings is 10. The van der Waals surface area contributed by atoms with Gasteiger partial charge in [-0.05, 0) is 111 Å². The van der Waals surface area contributed by atoms with Crippen LogP contribution in [0, 0.1) is 6.92 Å². The molecule has 65 heavy (non-hydrogen) atoms. The minimum atomic E-state index is 0.311. The first-order chi connectivity index (χ1) is 32.2. The van der Waals surface area contributed by atoms with Crippen LogP contribution in [0.25, 0.3) is 82.4 Å². The van der Waals surface area contributed by atoms with Gasteiger partial charge < -0.3 is 9.47 Å². The zero-order valence-electron chi connectivity index (χ0n) is 36.3. The summed E-state index contributed by atoms with van der Waals surface area (Å²) in [6.45, 7) is 2.25. The third-order valence-corrected chi connectivity index (χ3v) is 13.4. The van der Waals surface area contributed by atoms with Gasteiger partial charge in [-0.15, -0.1) is 0 Å². The predicted octanol–water partition coefficient (Wildman–Crippen LogP) is 17.2. The number of hydrogen-bond donors (Lipinski definition) is 0. The minimum absolute atomic E-state index is 0.311. The van der Waals surface area contributed by atoms with Crippen LogP contribution in [0.5, 0.6) is 0 Å². The lowest BCUT2D eigenvalue weighted by atomic mass is 9.90. The van der Waals surface area contributed by atoms with Crippen molar-refractivity contribution in [3.8, 4) is 39.1 Å². The average Bonchev–Trinajstić information content (AvgIpc) is 3.73. The molecule has 1 heterocycles. The molecule has 0 aliphatic heterocycles. The Hall–Kier alpha value is -8.20. The Morgan fingerprint density at radius 1 is 0.477 bits per heavy atom. The van der Waals surface area contributed by atoms with E-state index in [2.05, 4.69) is 259 Å². The van der Waals surface area contributed by atoms with Gasteiger partial charge >= 0.3 is 0 Å². The van der Waals surface area contributed by atoms with Crippen LogP contribution in [-0.4, -0.2) is 4.57 Å². The molecule has 0 saturated carbocycles. The highest BCUT2D eigenvalue weighted by Gasteiger charge is 2.23. The third-order valence-electron chi connectivity index (χ3n) is 13.4. The number of allylic oxidation sites excluding steroid dienone is 3. The summed E-state index contributed by atoms with van der Waals surface area (Å²) in [6, 6.07) is 82.1. The number of aromatic nitrogens is 1. The monoisotopic (exact) mass is 830 g/mol. The quantitative estimate of drug-likeness (QED) is 0.139. The van der Waals surface area contributed by atoms with Crippen molar-refractivity contribution in [2.24, 2.45) is 0 Å². The van der Waals surface area contributed by atoms with Gasteiger partial charge in [0.05, 0.1) is 22.4 Å². The van der Waals surface area contributed by atoms with E-state index in [-0.39, 0.29) is 0 Å². The van der Waals surface area contributed by atoms with Gasteiger partial charge in [0.25, 0.3) is 0 Å². The van der Waals surface area contributed by atoms with Crippen LogP contribution in [-0.2, 0) is 0 Å². The van der Waals surface area contributed by atoms with Crippen molar-refractivity contribution in [2.75, 3.05) is 4.90 Å². The fourth-order valence-corrected chi connectivity index (χ4v) is 10.3. The van der Waals surface area contributed by atoms with Gasteiger partial charge in [-0.1, -0.05) is 200 Å². The molecule has 12 rings (SSSR count). The topological polar surface area (TPSA) is 8.17 Å². The highest BCUT2D eigenvalue weighted by molar-refractivity contribution is 6.19. The summed E-state index contributed by atoms with van der Waals surface area (Å²) in [5.74, 6) is 0.311. The Bertz CT molecular complexity index is 3630. The molecule has 1 aliphatic carbocycles. The van der Waals surface area contributed by atoms with E-state index in [4.69, 9.17) is 0 Å². The first-order valence-corrected chi connectivity index (χ1v) is 22.7. The van der Waals surface area contributed by atoms with Crippen molar-refractivity contribution in [1.29, 1.82) is 0 Å². The molecule has 0 fully saturated rings. The summed E-state index contributed by atoms with van der Waals surface area (Å²) in [5, 5.41) is 7.56. The molecule has 0 amide bonds. The van der Waals surface area contributed by atoms with Crippen LogP contribution in [0.1, 0.15) is 23.5 Å². The van der Waals surface area contributed by atoms with Gasteiger partial charge in [0.1, 0.15) is 0 Å². The molecule has 0 N–H and O–H groups in total. The Kier molecular flexibility index (Phi) is 9.57. The molecule has 0 saturated heterocycles. The maximum Gasteiger partial charge on any atom is 0.0570 e. The van der Waals surface area contributed by atoms with Crippen LogP contribution in [0.2, 0.25) is 0 Å². The third kappa shape index (κ3) is 6.74. The van der Waals surface area contributed by atoms with Crippen LogP contribution in [0.4, 0.5) is 11.4 Å². The van der Waals surface area contributed by atoms with Gasteiger partial charge in [0.2, 0.25) is 0 Å². The standard InChI is InChI=1S/C63H46N2/c1-43-17-14-30-58-62-55(29-16-32-60(62)65(63(43)58)61-42-50-20-8-9-25-53(50)56-27-10-11-28-57(56)61)49-22-15-21-48(41-49)54-26-12-13-31-59(54)64(51-23-6-3-7-24-51)52-39-37-47(38-40-52)46-35-33-45(34-36-46)44-18-4-2-5-19-44/h2-37,39-42,47H,38H2,1H3. The zero-order valence-corrected chi connectivity index (χ0v) is 36.3. The molecule has 2 nitrogen and oxygen atoms in total. The Balaban J connectivity index is 0.956. The van der Waals surface area contributed by atoms with E-state index < -0.39 is 0 Å². The predicted molar refractivity (Wildman–Crippen MR) is 276 cm³/mol. The molecule has 1 aromatic heterocycles. The molecule has 1 atom stereocenters. The van der Waals surface area contributed by atoms with E-state index in [1.54, 1.807) is 0 Å². The lowest BCUT2D eigenvalue weighted by molar-refractivity contribution is 0.840.